The van der Waals surface area contributed by atoms with Crippen LogP contribution < -0.4 is 10.9 Å². The molecule has 2 aromatic rings. The van der Waals surface area contributed by atoms with Crippen molar-refractivity contribution in [2.75, 3.05) is 13.2 Å². The Labute approximate surface area is 146 Å². The maximum absolute atomic E-state index is 12.7. The summed E-state index contributed by atoms with van der Waals surface area (Å²) in [5, 5.41) is 3.00. The summed E-state index contributed by atoms with van der Waals surface area (Å²) in [6.45, 7) is 4.71. The van der Waals surface area contributed by atoms with E-state index in [4.69, 9.17) is 4.74 Å². The molecule has 0 radical (unpaired) electrons. The van der Waals surface area contributed by atoms with Gasteiger partial charge in [0.2, 0.25) is 0 Å². The second-order valence-electron chi connectivity index (χ2n) is 6.64. The fraction of sp³-hybridized carbons (Fsp3) is 0.421. The standard InChI is InChI=1S/C19H23N3O3/c1-12-8-13(2)22(3)19(24)17(12)18(23)21-16-11-25-10-15(16)9-14-4-6-20-7-5-14/h4-8,15-16H,9-11H2,1-3H3,(H,21,23)/t15-,16-/m1/s1. The third kappa shape index (κ3) is 3.64. The van der Waals surface area contributed by atoms with Crippen LogP contribution in [0, 0.1) is 19.8 Å². The number of amides is 1. The smallest absolute Gasteiger partial charge is 0.263 e. The molecule has 0 saturated carbocycles. The summed E-state index contributed by atoms with van der Waals surface area (Å²) < 4.78 is 7.07. The zero-order valence-electron chi connectivity index (χ0n) is 14.8. The Morgan fingerprint density at radius 1 is 1.32 bits per heavy atom. The number of hydrogen-bond acceptors (Lipinski definition) is 4. The molecular formula is C19H23N3O3. The van der Waals surface area contributed by atoms with Gasteiger partial charge in [-0.3, -0.25) is 14.6 Å². The number of nitrogens with one attached hydrogen (secondary N) is 1. The number of hydrogen-bond donors (Lipinski definition) is 1. The number of carbonyl (C=O) groups is 1. The lowest BCUT2D eigenvalue weighted by atomic mass is 9.95. The van der Waals surface area contributed by atoms with E-state index < -0.39 is 0 Å². The van der Waals surface area contributed by atoms with Crippen molar-refractivity contribution in [1.82, 2.24) is 14.9 Å². The number of nitrogens with zero attached hydrogens (tertiary/aromatic N) is 2. The molecule has 0 spiro atoms. The monoisotopic (exact) mass is 341 g/mol. The zero-order valence-corrected chi connectivity index (χ0v) is 14.8. The Morgan fingerprint density at radius 2 is 2.04 bits per heavy atom. The van der Waals surface area contributed by atoms with Gasteiger partial charge in [-0.1, -0.05) is 0 Å². The van der Waals surface area contributed by atoms with E-state index in [1.54, 1.807) is 26.4 Å². The van der Waals surface area contributed by atoms with Gasteiger partial charge in [0.1, 0.15) is 5.56 Å². The first-order chi connectivity index (χ1) is 12.0. The molecule has 6 heteroatoms. The van der Waals surface area contributed by atoms with Crippen molar-refractivity contribution in [3.8, 4) is 0 Å². The number of aromatic nitrogens is 2. The van der Waals surface area contributed by atoms with Gasteiger partial charge in [0.25, 0.3) is 11.5 Å². The minimum absolute atomic E-state index is 0.105. The lowest BCUT2D eigenvalue weighted by molar-refractivity contribution is 0.0922. The van der Waals surface area contributed by atoms with Crippen LogP contribution in [-0.2, 0) is 18.2 Å². The maximum Gasteiger partial charge on any atom is 0.263 e. The third-order valence-corrected chi connectivity index (χ3v) is 4.86. The molecule has 1 saturated heterocycles. The molecule has 0 aliphatic carbocycles. The van der Waals surface area contributed by atoms with E-state index in [0.717, 1.165) is 17.7 Å². The van der Waals surface area contributed by atoms with Crippen molar-refractivity contribution < 1.29 is 9.53 Å². The summed E-state index contributed by atoms with van der Waals surface area (Å²) in [6, 6.07) is 5.69. The topological polar surface area (TPSA) is 73.2 Å². The predicted molar refractivity (Wildman–Crippen MR) is 94.7 cm³/mol. The molecule has 132 valence electrons. The minimum Gasteiger partial charge on any atom is -0.379 e. The van der Waals surface area contributed by atoms with Crippen LogP contribution in [0.3, 0.4) is 0 Å². The van der Waals surface area contributed by atoms with Crippen LogP contribution in [0.4, 0.5) is 0 Å². The zero-order chi connectivity index (χ0) is 18.0. The molecule has 0 bridgehead atoms. The summed E-state index contributed by atoms with van der Waals surface area (Å²) >= 11 is 0. The molecule has 2 atom stereocenters. The van der Waals surface area contributed by atoms with Crippen LogP contribution in [0.15, 0.2) is 35.4 Å². The van der Waals surface area contributed by atoms with E-state index in [1.165, 1.54) is 4.57 Å². The highest BCUT2D eigenvalue weighted by Crippen LogP contribution is 2.19. The Bertz CT molecular complexity index is 830. The van der Waals surface area contributed by atoms with Crippen molar-refractivity contribution in [2.24, 2.45) is 13.0 Å². The second-order valence-corrected chi connectivity index (χ2v) is 6.64. The molecule has 3 rings (SSSR count). The SMILES string of the molecule is Cc1cc(C)n(C)c(=O)c1C(=O)N[C@@H]1COC[C@H]1Cc1ccncc1. The van der Waals surface area contributed by atoms with Crippen molar-refractivity contribution in [2.45, 2.75) is 26.3 Å². The largest absolute Gasteiger partial charge is 0.379 e. The summed E-state index contributed by atoms with van der Waals surface area (Å²) in [4.78, 5) is 29.2. The van der Waals surface area contributed by atoms with E-state index in [-0.39, 0.29) is 29.0 Å². The van der Waals surface area contributed by atoms with Crippen LogP contribution in [-0.4, -0.2) is 34.7 Å². The van der Waals surface area contributed by atoms with E-state index in [2.05, 4.69) is 10.3 Å². The Balaban J connectivity index is 1.76. The summed E-state index contributed by atoms with van der Waals surface area (Å²) in [5.74, 6) is -0.144. The summed E-state index contributed by atoms with van der Waals surface area (Å²) in [7, 11) is 1.68. The molecule has 1 fully saturated rings. The van der Waals surface area contributed by atoms with Crippen LogP contribution in [0.1, 0.15) is 27.2 Å². The van der Waals surface area contributed by atoms with Gasteiger partial charge in [0.15, 0.2) is 0 Å². The predicted octanol–water partition coefficient (Wildman–Crippen LogP) is 1.38. The number of rotatable bonds is 4. The molecule has 1 N–H and O–H groups in total. The van der Waals surface area contributed by atoms with Gasteiger partial charge >= 0.3 is 0 Å². The molecule has 25 heavy (non-hydrogen) atoms. The molecule has 0 aromatic carbocycles. The van der Waals surface area contributed by atoms with Gasteiger partial charge in [-0.2, -0.15) is 0 Å². The van der Waals surface area contributed by atoms with E-state index in [1.807, 2.05) is 25.1 Å². The lowest BCUT2D eigenvalue weighted by Crippen LogP contribution is -2.43. The highest BCUT2D eigenvalue weighted by atomic mass is 16.5. The molecular weight excluding hydrogens is 318 g/mol. The second kappa shape index (κ2) is 7.19. The first kappa shape index (κ1) is 17.4. The molecule has 1 amide bonds. The van der Waals surface area contributed by atoms with Gasteiger partial charge in [-0.05, 0) is 49.6 Å². The van der Waals surface area contributed by atoms with Crippen molar-refractivity contribution in [1.29, 1.82) is 0 Å². The number of aryl methyl sites for hydroxylation is 2. The first-order valence-electron chi connectivity index (χ1n) is 8.42. The fourth-order valence-electron chi connectivity index (χ4n) is 3.28. The van der Waals surface area contributed by atoms with Crippen LogP contribution >= 0.6 is 0 Å². The van der Waals surface area contributed by atoms with Gasteiger partial charge < -0.3 is 14.6 Å². The molecule has 3 heterocycles. The lowest BCUT2D eigenvalue weighted by Gasteiger charge is -2.20. The number of carbonyl (C=O) groups excluding carboxylic acids is 1. The minimum atomic E-state index is -0.326. The highest BCUT2D eigenvalue weighted by Gasteiger charge is 2.31. The van der Waals surface area contributed by atoms with E-state index in [0.29, 0.717) is 18.8 Å². The molecule has 2 aromatic heterocycles. The third-order valence-electron chi connectivity index (χ3n) is 4.86. The van der Waals surface area contributed by atoms with Crippen molar-refractivity contribution in [3.63, 3.8) is 0 Å². The molecule has 0 unspecified atom stereocenters. The quantitative estimate of drug-likeness (QED) is 0.912. The fourth-order valence-corrected chi connectivity index (χ4v) is 3.28. The molecule has 6 nitrogen and oxygen atoms in total. The van der Waals surface area contributed by atoms with Crippen molar-refractivity contribution >= 4 is 5.91 Å². The van der Waals surface area contributed by atoms with Crippen LogP contribution in [0.25, 0.3) is 0 Å². The summed E-state index contributed by atoms with van der Waals surface area (Å²) in [6.07, 6.45) is 4.33. The van der Waals surface area contributed by atoms with Crippen molar-refractivity contribution in [3.05, 3.63) is 63.3 Å². The number of pyridine rings is 2. The van der Waals surface area contributed by atoms with Gasteiger partial charge in [0, 0.05) is 31.1 Å². The Kier molecular flexibility index (Phi) is 4.99. The summed E-state index contributed by atoms with van der Waals surface area (Å²) in [5.41, 5.74) is 2.64. The van der Waals surface area contributed by atoms with Gasteiger partial charge in [0.05, 0.1) is 19.3 Å². The normalized spacial score (nSPS) is 19.8. The average molecular weight is 341 g/mol. The molecule has 1 aliphatic heterocycles. The average Bonchev–Trinajstić information content (AvgIpc) is 3.00. The number of ether oxygens (including phenoxy) is 1. The highest BCUT2D eigenvalue weighted by molar-refractivity contribution is 5.95. The van der Waals surface area contributed by atoms with Gasteiger partial charge in [-0.15, -0.1) is 0 Å². The van der Waals surface area contributed by atoms with E-state index in [9.17, 15) is 9.59 Å². The Morgan fingerprint density at radius 3 is 2.76 bits per heavy atom. The van der Waals surface area contributed by atoms with E-state index >= 15 is 0 Å². The Hall–Kier alpha value is -2.47. The first-order valence-corrected chi connectivity index (χ1v) is 8.42. The molecule has 1 aliphatic rings. The van der Waals surface area contributed by atoms with Crippen LogP contribution in [0.5, 0.6) is 0 Å². The van der Waals surface area contributed by atoms with Crippen LogP contribution in [0.2, 0.25) is 0 Å². The van der Waals surface area contributed by atoms with Gasteiger partial charge in [-0.25, -0.2) is 0 Å². The maximum atomic E-state index is 12.7.